The summed E-state index contributed by atoms with van der Waals surface area (Å²) in [5.74, 6) is -18.7. The molecule has 2 unspecified atom stereocenters. The lowest BCUT2D eigenvalue weighted by atomic mass is 10.2. The van der Waals surface area contributed by atoms with Crippen molar-refractivity contribution in [2.45, 2.75) is 67.8 Å². The molecule has 0 bridgehead atoms. The highest BCUT2D eigenvalue weighted by atomic mass is 19.4. The van der Waals surface area contributed by atoms with Crippen LogP contribution in [0.2, 0.25) is 0 Å². The molecule has 0 aromatic carbocycles. The Morgan fingerprint density at radius 3 is 1.02 bits per heavy atom. The van der Waals surface area contributed by atoms with Gasteiger partial charge in [0.15, 0.2) is 6.67 Å². The van der Waals surface area contributed by atoms with Crippen molar-refractivity contribution in [2.75, 3.05) is 13.9 Å². The predicted molar refractivity (Wildman–Crippen MR) is 92.7 cm³/mol. The minimum atomic E-state index is -6.99. The summed E-state index contributed by atoms with van der Waals surface area (Å²) in [6.07, 6.45) is -40.2. The molecular formula is C17H14F22O4. The lowest BCUT2D eigenvalue weighted by molar-refractivity contribution is -0.516. The van der Waals surface area contributed by atoms with Gasteiger partial charge < -0.3 is 9.47 Å². The second kappa shape index (κ2) is 14.5. The molecule has 0 heterocycles. The first kappa shape index (κ1) is 44.9. The van der Waals surface area contributed by atoms with E-state index in [1.165, 1.54) is 0 Å². The normalized spacial score (nSPS) is 16.4. The summed E-state index contributed by atoms with van der Waals surface area (Å²) in [5.41, 5.74) is 0. The van der Waals surface area contributed by atoms with E-state index in [1.54, 1.807) is 0 Å². The first-order chi connectivity index (χ1) is 18.6. The first-order valence-corrected chi connectivity index (χ1v) is 9.43. The van der Waals surface area contributed by atoms with Gasteiger partial charge in [0.1, 0.15) is 0 Å². The van der Waals surface area contributed by atoms with Gasteiger partial charge in [-0.1, -0.05) is 6.92 Å². The zero-order valence-electron chi connectivity index (χ0n) is 20.3. The fraction of sp³-hybridized carbons (Fsp3) is 0.765. The number of alkyl halides is 20. The van der Waals surface area contributed by atoms with Crippen LogP contribution < -0.4 is 0 Å². The quantitative estimate of drug-likeness (QED) is 0.142. The van der Waals surface area contributed by atoms with Gasteiger partial charge in [-0.05, 0) is 13.2 Å². The van der Waals surface area contributed by atoms with E-state index in [1.807, 2.05) is 13.2 Å². The molecular weight excluding hydrogens is 686 g/mol. The zero-order chi connectivity index (χ0) is 35.9. The topological polar surface area (TPSA) is 36.9 Å². The molecule has 0 N–H and O–H groups in total. The van der Waals surface area contributed by atoms with Gasteiger partial charge in [0.25, 0.3) is 12.0 Å². The van der Waals surface area contributed by atoms with E-state index in [4.69, 9.17) is 0 Å². The molecule has 260 valence electrons. The van der Waals surface area contributed by atoms with Crippen LogP contribution in [0, 0.1) is 0 Å². The Balaban J connectivity index is -0.000000710. The second-order valence-corrected chi connectivity index (χ2v) is 6.68. The van der Waals surface area contributed by atoms with Crippen LogP contribution in [-0.4, -0.2) is 68.3 Å². The summed E-state index contributed by atoms with van der Waals surface area (Å²) in [6, 6.07) is -5.31. The average Bonchev–Trinajstić information content (AvgIpc) is 2.76. The van der Waals surface area contributed by atoms with Crippen molar-refractivity contribution in [3.63, 3.8) is 0 Å². The Bertz CT molecular complexity index is 899. The molecule has 0 aliphatic carbocycles. The molecule has 0 aromatic heterocycles. The monoisotopic (exact) mass is 700 g/mol. The standard InChI is InChI=1S/C9H7F11O2.C7H4F10O2.CH3F/c1-3-5(11,12)8(17,18)22-6(13,7(14,15)16)9(19,20)21-4(2)10;1-3(9)18-7(16,17)5(12,6(13,14)15)19-4(10,11)2-8;1-2/h2-3H2,1H3;1-2H2;1H3. The van der Waals surface area contributed by atoms with Gasteiger partial charge in [0.2, 0.25) is 0 Å². The molecule has 0 aromatic rings. The molecule has 0 fully saturated rings. The fourth-order valence-corrected chi connectivity index (χ4v) is 1.66. The maximum absolute atomic E-state index is 13.4. The van der Waals surface area contributed by atoms with Crippen LogP contribution in [-0.2, 0) is 18.9 Å². The molecule has 26 heteroatoms. The van der Waals surface area contributed by atoms with Crippen LogP contribution in [0.5, 0.6) is 0 Å². The van der Waals surface area contributed by atoms with Crippen LogP contribution in [0.15, 0.2) is 25.2 Å². The Labute approximate surface area is 223 Å². The fourth-order valence-electron chi connectivity index (χ4n) is 1.66. The third-order valence-electron chi connectivity index (χ3n) is 3.54. The Kier molecular flexibility index (Phi) is 15.1. The summed E-state index contributed by atoms with van der Waals surface area (Å²) in [7, 11) is 0.500. The number of ether oxygens (including phenoxy) is 4. The average molecular weight is 700 g/mol. The van der Waals surface area contributed by atoms with E-state index in [0.717, 1.165) is 0 Å². The van der Waals surface area contributed by atoms with Gasteiger partial charge in [-0.15, -0.1) is 0 Å². The second-order valence-electron chi connectivity index (χ2n) is 6.68. The van der Waals surface area contributed by atoms with Crippen LogP contribution in [0.25, 0.3) is 0 Å². The van der Waals surface area contributed by atoms with Crippen molar-refractivity contribution in [1.82, 2.24) is 0 Å². The van der Waals surface area contributed by atoms with Gasteiger partial charge in [-0.2, -0.15) is 87.8 Å². The van der Waals surface area contributed by atoms with Crippen molar-refractivity contribution in [2.24, 2.45) is 0 Å². The van der Waals surface area contributed by atoms with E-state index >= 15 is 0 Å². The summed E-state index contributed by atoms with van der Waals surface area (Å²) in [4.78, 5) is 0. The van der Waals surface area contributed by atoms with E-state index in [0.29, 0.717) is 14.1 Å². The Morgan fingerprint density at radius 2 is 0.814 bits per heavy atom. The SMILES string of the molecule is C=C(F)OC(F)(F)C(F)(OC(F)(F)C(F)(F)CC)C(F)(F)F.C=C(F)OC(F)(F)C(F)(OC(F)(F)CF)C(F)(F)F.CF. The van der Waals surface area contributed by atoms with E-state index < -0.39 is 79.5 Å². The molecule has 0 rings (SSSR count). The third-order valence-corrected chi connectivity index (χ3v) is 3.54. The number of halogens is 22. The molecule has 2 atom stereocenters. The molecule has 0 spiro atoms. The number of rotatable bonds is 13. The lowest BCUT2D eigenvalue weighted by Gasteiger charge is -2.37. The number of hydrogen-bond acceptors (Lipinski definition) is 4. The molecule has 0 radical (unpaired) electrons. The molecule has 0 aliphatic rings. The highest BCUT2D eigenvalue weighted by molar-refractivity contribution is 4.92. The van der Waals surface area contributed by atoms with Gasteiger partial charge in [-0.25, -0.2) is 4.39 Å². The third kappa shape index (κ3) is 11.2. The molecule has 0 saturated heterocycles. The Morgan fingerprint density at radius 1 is 0.535 bits per heavy atom. The summed E-state index contributed by atoms with van der Waals surface area (Å²) in [5, 5.41) is 0. The van der Waals surface area contributed by atoms with Crippen LogP contribution in [0.1, 0.15) is 13.3 Å². The molecule has 43 heavy (non-hydrogen) atoms. The predicted octanol–water partition coefficient (Wildman–Crippen LogP) is 9.35. The van der Waals surface area contributed by atoms with Crippen molar-refractivity contribution in [3.8, 4) is 0 Å². The van der Waals surface area contributed by atoms with Crippen molar-refractivity contribution in [3.05, 3.63) is 25.2 Å². The van der Waals surface area contributed by atoms with Crippen molar-refractivity contribution in [1.29, 1.82) is 0 Å². The summed E-state index contributed by atoms with van der Waals surface area (Å²) in [6.45, 7) is 1.13. The van der Waals surface area contributed by atoms with Crippen LogP contribution in [0.3, 0.4) is 0 Å². The zero-order valence-corrected chi connectivity index (χ0v) is 20.3. The molecule has 4 nitrogen and oxygen atoms in total. The highest BCUT2D eigenvalue weighted by Crippen LogP contribution is 2.53. The maximum Gasteiger partial charge on any atom is 0.471 e. The summed E-state index contributed by atoms with van der Waals surface area (Å²) >= 11 is 0. The smallest absolute Gasteiger partial charge is 0.402 e. The van der Waals surface area contributed by atoms with Crippen LogP contribution in [0.4, 0.5) is 96.6 Å². The largest absolute Gasteiger partial charge is 0.471 e. The van der Waals surface area contributed by atoms with E-state index in [2.05, 4.69) is 18.9 Å². The molecule has 0 amide bonds. The van der Waals surface area contributed by atoms with Gasteiger partial charge in [0, 0.05) is 6.42 Å². The minimum Gasteiger partial charge on any atom is -0.402 e. The lowest BCUT2D eigenvalue weighted by Crippen LogP contribution is -2.63. The van der Waals surface area contributed by atoms with Gasteiger partial charge >= 0.3 is 54.4 Å². The molecule has 0 saturated carbocycles. The highest BCUT2D eigenvalue weighted by Gasteiger charge is 2.81. The first-order valence-electron chi connectivity index (χ1n) is 9.43. The van der Waals surface area contributed by atoms with E-state index in [-0.39, 0.29) is 0 Å². The number of hydrogen-bond donors (Lipinski definition) is 0. The Hall–Kier alpha value is -2.54. The van der Waals surface area contributed by atoms with Gasteiger partial charge in [-0.3, -0.25) is 13.9 Å². The molecule has 0 aliphatic heterocycles. The van der Waals surface area contributed by atoms with Gasteiger partial charge in [0.05, 0.1) is 7.18 Å². The van der Waals surface area contributed by atoms with Crippen LogP contribution >= 0.6 is 0 Å². The summed E-state index contributed by atoms with van der Waals surface area (Å²) < 4.78 is 280. The maximum atomic E-state index is 13.4. The minimum absolute atomic E-state index is 0.336. The van der Waals surface area contributed by atoms with E-state index in [9.17, 15) is 96.6 Å². The van der Waals surface area contributed by atoms with Crippen molar-refractivity contribution >= 4 is 0 Å². The van der Waals surface area contributed by atoms with Crippen molar-refractivity contribution < 1.29 is 116 Å².